The van der Waals surface area contributed by atoms with Crippen LogP contribution >= 0.6 is 0 Å². The predicted octanol–water partition coefficient (Wildman–Crippen LogP) is 1.37. The summed E-state index contributed by atoms with van der Waals surface area (Å²) in [6.45, 7) is 4.33. The molecule has 8 heteroatoms. The lowest BCUT2D eigenvalue weighted by Gasteiger charge is -2.27. The molecule has 3 heterocycles. The van der Waals surface area contributed by atoms with Gasteiger partial charge in [-0.25, -0.2) is 9.59 Å². The van der Waals surface area contributed by atoms with Gasteiger partial charge in [-0.05, 0) is 38.1 Å². The average molecular weight is 360 g/mol. The van der Waals surface area contributed by atoms with E-state index in [4.69, 9.17) is 13.6 Å². The molecule has 2 aromatic rings. The molecule has 0 aliphatic carbocycles. The van der Waals surface area contributed by atoms with Gasteiger partial charge in [0.25, 0.3) is 0 Å². The molecule has 0 saturated carbocycles. The molecule has 0 fully saturated rings. The van der Waals surface area contributed by atoms with Crippen molar-refractivity contribution >= 4 is 12.0 Å². The van der Waals surface area contributed by atoms with Crippen molar-refractivity contribution in [2.45, 2.75) is 25.9 Å². The molecule has 1 aliphatic heterocycles. The van der Waals surface area contributed by atoms with Gasteiger partial charge < -0.3 is 29.5 Å². The van der Waals surface area contributed by atoms with E-state index >= 15 is 0 Å². The Morgan fingerprint density at radius 3 is 2.73 bits per heavy atom. The molecule has 0 spiro atoms. The van der Waals surface area contributed by atoms with Crippen LogP contribution in [-0.2, 0) is 9.53 Å². The second-order valence-electron chi connectivity index (χ2n) is 5.90. The van der Waals surface area contributed by atoms with Crippen molar-refractivity contribution in [2.24, 2.45) is 0 Å². The molecule has 1 aliphatic rings. The number of ether oxygens (including phenoxy) is 1. The van der Waals surface area contributed by atoms with E-state index in [0.29, 0.717) is 23.6 Å². The molecule has 2 amide bonds. The van der Waals surface area contributed by atoms with E-state index in [0.717, 1.165) is 5.76 Å². The van der Waals surface area contributed by atoms with Crippen LogP contribution in [0.3, 0.4) is 0 Å². The molecule has 26 heavy (non-hydrogen) atoms. The van der Waals surface area contributed by atoms with Gasteiger partial charge in [-0.3, -0.25) is 0 Å². The summed E-state index contributed by atoms with van der Waals surface area (Å²) in [6.07, 6.45) is 3.11. The number of nitrogens with one attached hydrogen (secondary N) is 2. The SMILES string of the molecule is CCOC(=O)C1=C(C[NH2+][C@@H](C)c2ccco2)NC(=O)N[C@@H]1c1ccco1. The van der Waals surface area contributed by atoms with Crippen molar-refractivity contribution in [3.63, 3.8) is 0 Å². The van der Waals surface area contributed by atoms with E-state index in [-0.39, 0.29) is 12.6 Å². The summed E-state index contributed by atoms with van der Waals surface area (Å²) in [5.41, 5.74) is 0.830. The highest BCUT2D eigenvalue weighted by molar-refractivity contribution is 5.95. The number of nitrogens with two attached hydrogens (primary N) is 1. The minimum atomic E-state index is -0.694. The lowest BCUT2D eigenvalue weighted by Crippen LogP contribution is -2.86. The Kier molecular flexibility index (Phi) is 5.43. The smallest absolute Gasteiger partial charge is 0.338 e. The molecule has 0 radical (unpaired) electrons. The summed E-state index contributed by atoms with van der Waals surface area (Å²) in [4.78, 5) is 24.6. The van der Waals surface area contributed by atoms with Crippen LogP contribution in [0.25, 0.3) is 0 Å². The van der Waals surface area contributed by atoms with Crippen LogP contribution in [0.5, 0.6) is 0 Å². The van der Waals surface area contributed by atoms with E-state index in [1.54, 1.807) is 25.3 Å². The number of amides is 2. The molecular weight excluding hydrogens is 338 g/mol. The Hall–Kier alpha value is -3.00. The second-order valence-corrected chi connectivity index (χ2v) is 5.90. The van der Waals surface area contributed by atoms with Gasteiger partial charge in [0.1, 0.15) is 24.4 Å². The molecule has 0 aromatic carbocycles. The lowest BCUT2D eigenvalue weighted by atomic mass is 10.00. The number of hydrogen-bond donors (Lipinski definition) is 3. The fourth-order valence-corrected chi connectivity index (χ4v) is 2.86. The molecule has 4 N–H and O–H groups in total. The molecule has 138 valence electrons. The predicted molar refractivity (Wildman–Crippen MR) is 90.7 cm³/mol. The van der Waals surface area contributed by atoms with Crippen molar-refractivity contribution in [1.82, 2.24) is 10.6 Å². The number of hydrogen-bond acceptors (Lipinski definition) is 5. The van der Waals surface area contributed by atoms with Crippen LogP contribution in [0.15, 0.2) is 56.9 Å². The summed E-state index contributed by atoms with van der Waals surface area (Å²) >= 11 is 0. The fraction of sp³-hybridized carbons (Fsp3) is 0.333. The molecule has 2 aromatic heterocycles. The third kappa shape index (κ3) is 3.80. The molecule has 0 saturated heterocycles. The Bertz CT molecular complexity index is 780. The zero-order valence-electron chi connectivity index (χ0n) is 14.7. The molecule has 0 bridgehead atoms. The van der Waals surface area contributed by atoms with E-state index in [9.17, 15) is 9.59 Å². The van der Waals surface area contributed by atoms with Crippen molar-refractivity contribution in [2.75, 3.05) is 13.2 Å². The van der Waals surface area contributed by atoms with E-state index in [1.807, 2.05) is 24.4 Å². The molecular formula is C18H22N3O5+. The molecule has 0 unspecified atom stereocenters. The average Bonchev–Trinajstić information content (AvgIpc) is 3.32. The summed E-state index contributed by atoms with van der Waals surface area (Å²) in [5.74, 6) is 0.793. The van der Waals surface area contributed by atoms with Crippen LogP contribution in [0.2, 0.25) is 0 Å². The number of quaternary nitrogens is 1. The Labute approximate surface area is 150 Å². The van der Waals surface area contributed by atoms with Gasteiger partial charge in [0.15, 0.2) is 5.76 Å². The Morgan fingerprint density at radius 2 is 2.08 bits per heavy atom. The summed E-state index contributed by atoms with van der Waals surface area (Å²) < 4.78 is 16.0. The first-order valence-corrected chi connectivity index (χ1v) is 8.48. The van der Waals surface area contributed by atoms with Gasteiger partial charge >= 0.3 is 12.0 Å². The van der Waals surface area contributed by atoms with Gasteiger partial charge in [0, 0.05) is 0 Å². The number of carbonyl (C=O) groups is 2. The monoisotopic (exact) mass is 360 g/mol. The van der Waals surface area contributed by atoms with E-state index in [1.165, 1.54) is 6.26 Å². The van der Waals surface area contributed by atoms with Crippen LogP contribution in [0, 0.1) is 0 Å². The fourth-order valence-electron chi connectivity index (χ4n) is 2.86. The van der Waals surface area contributed by atoms with Gasteiger partial charge in [-0.15, -0.1) is 0 Å². The van der Waals surface area contributed by atoms with Crippen molar-refractivity contribution < 1.29 is 28.5 Å². The molecule has 2 atom stereocenters. The third-order valence-electron chi connectivity index (χ3n) is 4.14. The normalized spacial score (nSPS) is 18.2. The van der Waals surface area contributed by atoms with E-state index < -0.39 is 18.0 Å². The first kappa shape index (κ1) is 17.8. The van der Waals surface area contributed by atoms with Crippen LogP contribution in [0.4, 0.5) is 4.79 Å². The standard InChI is InChI=1S/C18H21N3O5/c1-3-24-17(22)15-12(10-19-11(2)13-6-4-8-25-13)20-18(23)21-16(15)14-7-5-9-26-14/h4-9,11,16,19H,3,10H2,1-2H3,(H2,20,21,23)/p+1/t11-,16+/m0/s1. The van der Waals surface area contributed by atoms with Gasteiger partial charge in [-0.2, -0.15) is 0 Å². The van der Waals surface area contributed by atoms with Crippen LogP contribution in [-0.4, -0.2) is 25.2 Å². The highest BCUT2D eigenvalue weighted by Gasteiger charge is 2.36. The lowest BCUT2D eigenvalue weighted by molar-refractivity contribution is -0.688. The second kappa shape index (κ2) is 7.92. The minimum Gasteiger partial charge on any atom is -0.467 e. The zero-order valence-corrected chi connectivity index (χ0v) is 14.7. The highest BCUT2D eigenvalue weighted by Crippen LogP contribution is 2.27. The topological polar surface area (TPSA) is 110 Å². The quantitative estimate of drug-likeness (QED) is 0.646. The van der Waals surface area contributed by atoms with E-state index in [2.05, 4.69) is 10.6 Å². The largest absolute Gasteiger partial charge is 0.467 e. The van der Waals surface area contributed by atoms with Crippen molar-refractivity contribution in [1.29, 1.82) is 0 Å². The number of rotatable bonds is 7. The van der Waals surface area contributed by atoms with Gasteiger partial charge in [0.2, 0.25) is 0 Å². The molecule has 3 rings (SSSR count). The molecule has 8 nitrogen and oxygen atoms in total. The van der Waals surface area contributed by atoms with Crippen molar-refractivity contribution in [3.8, 4) is 0 Å². The maximum Gasteiger partial charge on any atom is 0.338 e. The Balaban J connectivity index is 1.88. The summed E-state index contributed by atoms with van der Waals surface area (Å²) in [7, 11) is 0. The maximum absolute atomic E-state index is 12.5. The number of furan rings is 2. The highest BCUT2D eigenvalue weighted by atomic mass is 16.5. The first-order chi connectivity index (χ1) is 12.6. The number of esters is 1. The van der Waals surface area contributed by atoms with Crippen LogP contribution < -0.4 is 16.0 Å². The van der Waals surface area contributed by atoms with Crippen LogP contribution in [0.1, 0.15) is 37.5 Å². The third-order valence-corrected chi connectivity index (χ3v) is 4.14. The van der Waals surface area contributed by atoms with Gasteiger partial charge in [-0.1, -0.05) is 0 Å². The first-order valence-electron chi connectivity index (χ1n) is 8.48. The maximum atomic E-state index is 12.5. The zero-order chi connectivity index (χ0) is 18.5. The Morgan fingerprint density at radius 1 is 1.31 bits per heavy atom. The minimum absolute atomic E-state index is 0.0230. The van der Waals surface area contributed by atoms with Gasteiger partial charge in [0.05, 0.1) is 30.4 Å². The number of urea groups is 1. The van der Waals surface area contributed by atoms with Crippen molar-refractivity contribution in [3.05, 3.63) is 59.6 Å². The number of carbonyl (C=O) groups excluding carboxylic acids is 2. The summed E-state index contributed by atoms with van der Waals surface area (Å²) in [5, 5.41) is 7.41. The summed E-state index contributed by atoms with van der Waals surface area (Å²) in [6, 6.07) is 6.05.